The van der Waals surface area contributed by atoms with Crippen molar-refractivity contribution in [3.63, 3.8) is 0 Å². The maximum Gasteiger partial charge on any atom is 0.346 e. The van der Waals surface area contributed by atoms with E-state index in [9.17, 15) is 4.79 Å². The number of carboxylic acid groups (broad SMARTS) is 1. The second kappa shape index (κ2) is 10.2. The molecule has 4 nitrogen and oxygen atoms in total. The number of rotatable bonds is 9. The molecule has 0 unspecified atom stereocenters. The summed E-state index contributed by atoms with van der Waals surface area (Å²) in [6.45, 7) is 3.62. The van der Waals surface area contributed by atoms with Crippen LogP contribution in [0.3, 0.4) is 0 Å². The summed E-state index contributed by atoms with van der Waals surface area (Å²) < 4.78 is 5.35. The summed E-state index contributed by atoms with van der Waals surface area (Å²) >= 11 is 0. The van der Waals surface area contributed by atoms with E-state index >= 15 is 0 Å². The van der Waals surface area contributed by atoms with Crippen molar-refractivity contribution in [2.24, 2.45) is 0 Å². The van der Waals surface area contributed by atoms with E-state index in [1.807, 2.05) is 0 Å². The fourth-order valence-corrected chi connectivity index (χ4v) is 1.12. The summed E-state index contributed by atoms with van der Waals surface area (Å²) in [5.74, 6) is -1.15. The molecule has 0 aromatic heterocycles. The molecule has 4 heteroatoms. The van der Waals surface area contributed by atoms with Gasteiger partial charge < -0.3 is 9.84 Å². The Morgan fingerprint density at radius 1 is 1.38 bits per heavy atom. The van der Waals surface area contributed by atoms with Crippen LogP contribution in [0.15, 0.2) is 11.6 Å². The average Bonchev–Trinajstić information content (AvgIpc) is 2.26. The number of aliphatic carboxylic acids is 1. The molecule has 0 rings (SSSR count). The van der Waals surface area contributed by atoms with Gasteiger partial charge in [-0.15, -0.1) is 0 Å². The van der Waals surface area contributed by atoms with Gasteiger partial charge in [0.2, 0.25) is 0 Å². The second-order valence-corrected chi connectivity index (χ2v) is 3.50. The normalized spacial score (nSPS) is 11.1. The summed E-state index contributed by atoms with van der Waals surface area (Å²) in [7, 11) is 0. The molecule has 0 atom stereocenters. The molecule has 0 radical (unpaired) electrons. The van der Waals surface area contributed by atoms with E-state index < -0.39 is 5.97 Å². The number of carbonyl (C=O) groups is 1. The third-order valence-corrected chi connectivity index (χ3v) is 2.08. The van der Waals surface area contributed by atoms with E-state index in [4.69, 9.17) is 15.1 Å². The van der Waals surface area contributed by atoms with Crippen LogP contribution >= 0.6 is 0 Å². The predicted octanol–water partition coefficient (Wildman–Crippen LogP) is 2.51. The van der Waals surface area contributed by atoms with E-state index in [2.05, 4.69) is 6.92 Å². The van der Waals surface area contributed by atoms with Crippen molar-refractivity contribution in [2.75, 3.05) is 13.2 Å². The lowest BCUT2D eigenvalue weighted by molar-refractivity contribution is -0.132. The van der Waals surface area contributed by atoms with E-state index in [0.717, 1.165) is 32.3 Å². The Morgan fingerprint density at radius 2 is 2.06 bits per heavy atom. The Morgan fingerprint density at radius 3 is 2.62 bits per heavy atom. The van der Waals surface area contributed by atoms with Crippen molar-refractivity contribution < 1.29 is 14.6 Å². The van der Waals surface area contributed by atoms with Crippen molar-refractivity contribution in [3.05, 3.63) is 11.6 Å². The fraction of sp³-hybridized carbons (Fsp3) is 0.667. The fourth-order valence-electron chi connectivity index (χ4n) is 1.12. The molecule has 0 aromatic carbocycles. The highest BCUT2D eigenvalue weighted by Gasteiger charge is 2.03. The summed E-state index contributed by atoms with van der Waals surface area (Å²) in [5, 5.41) is 17.0. The van der Waals surface area contributed by atoms with Crippen LogP contribution in [-0.4, -0.2) is 24.3 Å². The quantitative estimate of drug-likeness (QED) is 0.372. The Bertz CT molecular complexity index is 266. The van der Waals surface area contributed by atoms with Gasteiger partial charge in [0.1, 0.15) is 11.6 Å². The zero-order chi connectivity index (χ0) is 12.2. The van der Waals surface area contributed by atoms with E-state index in [0.29, 0.717) is 13.0 Å². The number of ether oxygens (including phenoxy) is 1. The summed E-state index contributed by atoms with van der Waals surface area (Å²) in [6.07, 6.45) is 6.05. The lowest BCUT2D eigenvalue weighted by atomic mass is 10.2. The number of carboxylic acids is 1. The van der Waals surface area contributed by atoms with Crippen molar-refractivity contribution in [1.29, 1.82) is 5.26 Å². The molecule has 0 bridgehead atoms. The first-order valence-corrected chi connectivity index (χ1v) is 5.63. The number of allylic oxidation sites excluding steroid dienone is 1. The average molecular weight is 225 g/mol. The lowest BCUT2D eigenvalue weighted by Gasteiger charge is -2.01. The molecule has 16 heavy (non-hydrogen) atoms. The molecule has 0 spiro atoms. The molecule has 0 aliphatic heterocycles. The van der Waals surface area contributed by atoms with Crippen LogP contribution in [0.25, 0.3) is 0 Å². The number of hydrogen-bond acceptors (Lipinski definition) is 3. The monoisotopic (exact) mass is 225 g/mol. The second-order valence-electron chi connectivity index (χ2n) is 3.50. The van der Waals surface area contributed by atoms with E-state index in [-0.39, 0.29) is 5.57 Å². The standard InChI is InChI=1S/C12H19NO3/c1-2-3-8-16-9-6-4-5-7-11(10-13)12(14)15/h7H,2-6,8-9H2,1H3,(H,14,15). The third-order valence-electron chi connectivity index (χ3n) is 2.08. The molecule has 0 aliphatic rings. The molecule has 0 saturated heterocycles. The third kappa shape index (κ3) is 8.01. The first-order chi connectivity index (χ1) is 7.72. The zero-order valence-corrected chi connectivity index (χ0v) is 9.74. The molecular formula is C12H19NO3. The van der Waals surface area contributed by atoms with Crippen LogP contribution in [0.5, 0.6) is 0 Å². The maximum absolute atomic E-state index is 10.5. The minimum absolute atomic E-state index is 0.174. The van der Waals surface area contributed by atoms with Crippen molar-refractivity contribution >= 4 is 5.97 Å². The van der Waals surface area contributed by atoms with Crippen LogP contribution < -0.4 is 0 Å². The smallest absolute Gasteiger partial charge is 0.346 e. The number of unbranched alkanes of at least 4 members (excludes halogenated alkanes) is 3. The molecule has 0 fully saturated rings. The van der Waals surface area contributed by atoms with Gasteiger partial charge in [0.25, 0.3) is 0 Å². The highest BCUT2D eigenvalue weighted by molar-refractivity contribution is 5.90. The Balaban J connectivity index is 3.46. The van der Waals surface area contributed by atoms with Gasteiger partial charge in [0.05, 0.1) is 0 Å². The summed E-state index contributed by atoms with van der Waals surface area (Å²) in [5.41, 5.74) is -0.174. The van der Waals surface area contributed by atoms with Gasteiger partial charge in [-0.2, -0.15) is 5.26 Å². The largest absolute Gasteiger partial charge is 0.477 e. The minimum atomic E-state index is -1.15. The molecule has 90 valence electrons. The van der Waals surface area contributed by atoms with Crippen molar-refractivity contribution in [2.45, 2.75) is 39.0 Å². The van der Waals surface area contributed by atoms with Gasteiger partial charge >= 0.3 is 5.97 Å². The predicted molar refractivity (Wildman–Crippen MR) is 60.9 cm³/mol. The highest BCUT2D eigenvalue weighted by atomic mass is 16.5. The van der Waals surface area contributed by atoms with Crippen LogP contribution in [0.2, 0.25) is 0 Å². The SMILES string of the molecule is CCCCOCCCCC=C(C#N)C(=O)O. The highest BCUT2D eigenvalue weighted by Crippen LogP contribution is 2.02. The number of hydrogen-bond donors (Lipinski definition) is 1. The first-order valence-electron chi connectivity index (χ1n) is 5.63. The zero-order valence-electron chi connectivity index (χ0n) is 9.74. The molecule has 0 aliphatic carbocycles. The molecule has 1 N–H and O–H groups in total. The van der Waals surface area contributed by atoms with Gasteiger partial charge in [-0.05, 0) is 25.7 Å². The van der Waals surface area contributed by atoms with Gasteiger partial charge in [0.15, 0.2) is 0 Å². The van der Waals surface area contributed by atoms with E-state index in [1.54, 1.807) is 6.07 Å². The van der Waals surface area contributed by atoms with Crippen LogP contribution in [-0.2, 0) is 9.53 Å². The van der Waals surface area contributed by atoms with Crippen LogP contribution in [0.1, 0.15) is 39.0 Å². The Labute approximate surface area is 96.5 Å². The molecule has 0 heterocycles. The van der Waals surface area contributed by atoms with E-state index in [1.165, 1.54) is 6.08 Å². The van der Waals surface area contributed by atoms with Gasteiger partial charge in [0, 0.05) is 13.2 Å². The van der Waals surface area contributed by atoms with Crippen LogP contribution in [0.4, 0.5) is 0 Å². The van der Waals surface area contributed by atoms with Gasteiger partial charge in [-0.1, -0.05) is 19.4 Å². The summed E-state index contributed by atoms with van der Waals surface area (Å²) in [6, 6.07) is 1.65. The first kappa shape index (κ1) is 14.7. The number of nitriles is 1. The number of nitrogens with zero attached hydrogens (tertiary/aromatic N) is 1. The van der Waals surface area contributed by atoms with Crippen LogP contribution in [0, 0.1) is 11.3 Å². The topological polar surface area (TPSA) is 70.3 Å². The molecule has 0 amide bonds. The lowest BCUT2D eigenvalue weighted by Crippen LogP contribution is -1.98. The maximum atomic E-state index is 10.5. The Hall–Kier alpha value is -1.34. The van der Waals surface area contributed by atoms with Gasteiger partial charge in [-0.3, -0.25) is 0 Å². The van der Waals surface area contributed by atoms with Crippen molar-refractivity contribution in [3.8, 4) is 6.07 Å². The molecular weight excluding hydrogens is 206 g/mol. The summed E-state index contributed by atoms with van der Waals surface area (Å²) in [4.78, 5) is 10.5. The Kier molecular flexibility index (Phi) is 9.33. The molecule has 0 aromatic rings. The van der Waals surface area contributed by atoms with Crippen molar-refractivity contribution in [1.82, 2.24) is 0 Å². The van der Waals surface area contributed by atoms with Gasteiger partial charge in [-0.25, -0.2) is 4.79 Å². The molecule has 0 saturated carbocycles. The minimum Gasteiger partial charge on any atom is -0.477 e.